The Bertz CT molecular complexity index is 429. The maximum absolute atomic E-state index is 5.81. The minimum absolute atomic E-state index is 0.411. The molecule has 3 N–H and O–H groups in total. The molecular formula is C14H23N3S. The number of hydrogen-bond acceptors (Lipinski definition) is 3. The summed E-state index contributed by atoms with van der Waals surface area (Å²) in [5.41, 5.74) is 8.76. The van der Waals surface area contributed by atoms with Crippen LogP contribution in [0.3, 0.4) is 0 Å². The lowest BCUT2D eigenvalue weighted by Crippen LogP contribution is -2.23. The van der Waals surface area contributed by atoms with E-state index < -0.39 is 0 Å². The van der Waals surface area contributed by atoms with Crippen LogP contribution in [-0.4, -0.2) is 16.0 Å². The fourth-order valence-electron chi connectivity index (χ4n) is 2.17. The highest BCUT2D eigenvalue weighted by Gasteiger charge is 2.14. The van der Waals surface area contributed by atoms with Gasteiger partial charge in [0, 0.05) is 11.7 Å². The van der Waals surface area contributed by atoms with Crippen molar-refractivity contribution in [2.24, 2.45) is 5.73 Å². The van der Waals surface area contributed by atoms with Gasteiger partial charge in [0.1, 0.15) is 10.8 Å². The van der Waals surface area contributed by atoms with E-state index >= 15 is 0 Å². The van der Waals surface area contributed by atoms with E-state index in [4.69, 9.17) is 18.0 Å². The number of aromatic nitrogens is 1. The highest BCUT2D eigenvalue weighted by Crippen LogP contribution is 2.21. The maximum atomic E-state index is 5.81. The van der Waals surface area contributed by atoms with Crippen LogP contribution >= 0.6 is 12.2 Å². The molecule has 0 aliphatic rings. The highest BCUT2D eigenvalue weighted by atomic mass is 32.1. The summed E-state index contributed by atoms with van der Waals surface area (Å²) in [7, 11) is 0. The smallest absolute Gasteiger partial charge is 0.136 e. The molecule has 0 spiro atoms. The Labute approximate surface area is 115 Å². The predicted molar refractivity (Wildman–Crippen MR) is 82.2 cm³/mol. The summed E-state index contributed by atoms with van der Waals surface area (Å²) in [6, 6.07) is 2.44. The van der Waals surface area contributed by atoms with Crippen LogP contribution in [0.15, 0.2) is 6.07 Å². The Morgan fingerprint density at radius 3 is 2.61 bits per heavy atom. The lowest BCUT2D eigenvalue weighted by Gasteiger charge is -2.20. The van der Waals surface area contributed by atoms with E-state index in [0.717, 1.165) is 41.9 Å². The molecule has 0 bridgehead atoms. The molecule has 0 amide bonds. The molecule has 1 aromatic heterocycles. The number of aryl methyl sites for hydroxylation is 2. The lowest BCUT2D eigenvalue weighted by atomic mass is 10.1. The van der Waals surface area contributed by atoms with Crippen LogP contribution < -0.4 is 11.1 Å². The minimum atomic E-state index is 0.411. The molecule has 0 radical (unpaired) electrons. The van der Waals surface area contributed by atoms with E-state index in [0.29, 0.717) is 11.0 Å². The molecule has 0 aromatic carbocycles. The van der Waals surface area contributed by atoms with Crippen molar-refractivity contribution < 1.29 is 0 Å². The molecule has 4 heteroatoms. The van der Waals surface area contributed by atoms with Gasteiger partial charge in [0.05, 0.1) is 5.56 Å². The number of anilines is 1. The molecule has 0 saturated carbocycles. The largest absolute Gasteiger partial charge is 0.389 e. The van der Waals surface area contributed by atoms with E-state index in [2.05, 4.69) is 24.1 Å². The molecule has 1 atom stereocenters. The van der Waals surface area contributed by atoms with Crippen LogP contribution in [0.2, 0.25) is 0 Å². The average molecular weight is 265 g/mol. The monoisotopic (exact) mass is 265 g/mol. The van der Waals surface area contributed by atoms with Gasteiger partial charge >= 0.3 is 0 Å². The zero-order valence-corrected chi connectivity index (χ0v) is 12.5. The quantitative estimate of drug-likeness (QED) is 0.775. The van der Waals surface area contributed by atoms with Gasteiger partial charge in [-0.2, -0.15) is 0 Å². The molecule has 100 valence electrons. The van der Waals surface area contributed by atoms with Gasteiger partial charge in [-0.15, -0.1) is 0 Å². The molecule has 1 unspecified atom stereocenters. The SMILES string of the molecule is CCCC(CC)Nc1nc(C)cc(C)c1C(N)=S. The number of pyridine rings is 1. The van der Waals surface area contributed by atoms with Gasteiger partial charge in [-0.05, 0) is 38.3 Å². The van der Waals surface area contributed by atoms with Crippen molar-refractivity contribution in [1.29, 1.82) is 0 Å². The van der Waals surface area contributed by atoms with Crippen molar-refractivity contribution in [3.8, 4) is 0 Å². The van der Waals surface area contributed by atoms with Gasteiger partial charge in [-0.3, -0.25) is 0 Å². The number of nitrogens with two attached hydrogens (primary N) is 1. The van der Waals surface area contributed by atoms with E-state index in [1.165, 1.54) is 0 Å². The number of hydrogen-bond donors (Lipinski definition) is 2. The second-order valence-electron chi connectivity index (χ2n) is 4.71. The van der Waals surface area contributed by atoms with Gasteiger partial charge in [0.15, 0.2) is 0 Å². The Kier molecular flexibility index (Phi) is 5.54. The van der Waals surface area contributed by atoms with E-state index in [-0.39, 0.29) is 0 Å². The van der Waals surface area contributed by atoms with Crippen molar-refractivity contribution in [2.75, 3.05) is 5.32 Å². The van der Waals surface area contributed by atoms with Crippen LogP contribution in [0.4, 0.5) is 5.82 Å². The normalized spacial score (nSPS) is 12.2. The number of rotatable bonds is 6. The zero-order chi connectivity index (χ0) is 13.7. The first kappa shape index (κ1) is 14.9. The molecule has 1 rings (SSSR count). The van der Waals surface area contributed by atoms with Crippen LogP contribution in [0.1, 0.15) is 49.9 Å². The Morgan fingerprint density at radius 1 is 1.44 bits per heavy atom. The van der Waals surface area contributed by atoms with Crippen molar-refractivity contribution in [3.05, 3.63) is 22.9 Å². The van der Waals surface area contributed by atoms with Gasteiger partial charge in [0.2, 0.25) is 0 Å². The Balaban J connectivity index is 3.09. The summed E-state index contributed by atoms with van der Waals surface area (Å²) in [4.78, 5) is 4.96. The first-order valence-corrected chi connectivity index (χ1v) is 6.94. The Morgan fingerprint density at radius 2 is 2.11 bits per heavy atom. The van der Waals surface area contributed by atoms with E-state index in [1.807, 2.05) is 19.9 Å². The number of nitrogens with zero attached hydrogens (tertiary/aromatic N) is 1. The molecule has 3 nitrogen and oxygen atoms in total. The van der Waals surface area contributed by atoms with E-state index in [9.17, 15) is 0 Å². The second kappa shape index (κ2) is 6.69. The topological polar surface area (TPSA) is 50.9 Å². The summed E-state index contributed by atoms with van der Waals surface area (Å²) in [6.45, 7) is 8.38. The standard InChI is InChI=1S/C14H23N3S/c1-5-7-11(6-2)17-14-12(13(15)18)9(3)8-10(4)16-14/h8,11H,5-7H2,1-4H3,(H2,15,18)(H,16,17). The summed E-state index contributed by atoms with van der Waals surface area (Å²) >= 11 is 5.13. The molecule has 1 aromatic rings. The van der Waals surface area contributed by atoms with Crippen molar-refractivity contribution >= 4 is 23.0 Å². The second-order valence-corrected chi connectivity index (χ2v) is 5.15. The fourth-order valence-corrected chi connectivity index (χ4v) is 2.43. The van der Waals surface area contributed by atoms with Crippen molar-refractivity contribution in [2.45, 2.75) is 53.0 Å². The molecule has 0 fully saturated rings. The molecular weight excluding hydrogens is 242 g/mol. The zero-order valence-electron chi connectivity index (χ0n) is 11.7. The molecule has 1 heterocycles. The fraction of sp³-hybridized carbons (Fsp3) is 0.571. The third-order valence-corrected chi connectivity index (χ3v) is 3.27. The number of nitrogens with one attached hydrogen (secondary N) is 1. The summed E-state index contributed by atoms with van der Waals surface area (Å²) in [6.07, 6.45) is 3.35. The first-order valence-electron chi connectivity index (χ1n) is 6.54. The maximum Gasteiger partial charge on any atom is 0.136 e. The molecule has 0 saturated heterocycles. The summed E-state index contributed by atoms with van der Waals surface area (Å²) < 4.78 is 0. The summed E-state index contributed by atoms with van der Waals surface area (Å²) in [5.74, 6) is 0.834. The third kappa shape index (κ3) is 3.67. The molecule has 0 aliphatic heterocycles. The minimum Gasteiger partial charge on any atom is -0.389 e. The first-order chi connectivity index (χ1) is 8.49. The van der Waals surface area contributed by atoms with Crippen LogP contribution in [0.25, 0.3) is 0 Å². The molecule has 0 aliphatic carbocycles. The molecule has 18 heavy (non-hydrogen) atoms. The van der Waals surface area contributed by atoms with Crippen molar-refractivity contribution in [1.82, 2.24) is 4.98 Å². The van der Waals surface area contributed by atoms with Crippen LogP contribution in [0.5, 0.6) is 0 Å². The average Bonchev–Trinajstić information content (AvgIpc) is 2.26. The van der Waals surface area contributed by atoms with E-state index in [1.54, 1.807) is 0 Å². The van der Waals surface area contributed by atoms with Crippen molar-refractivity contribution in [3.63, 3.8) is 0 Å². The highest BCUT2D eigenvalue weighted by molar-refractivity contribution is 7.80. The van der Waals surface area contributed by atoms with Crippen LogP contribution in [-0.2, 0) is 0 Å². The Hall–Kier alpha value is -1.16. The number of thiocarbonyl (C=S) groups is 1. The summed E-state index contributed by atoms with van der Waals surface area (Å²) in [5, 5.41) is 3.48. The third-order valence-electron chi connectivity index (χ3n) is 3.06. The van der Waals surface area contributed by atoms with Gasteiger partial charge in [-0.25, -0.2) is 4.98 Å². The van der Waals surface area contributed by atoms with Gasteiger partial charge in [0.25, 0.3) is 0 Å². The van der Waals surface area contributed by atoms with Gasteiger partial charge < -0.3 is 11.1 Å². The van der Waals surface area contributed by atoms with Gasteiger partial charge in [-0.1, -0.05) is 32.5 Å². The predicted octanol–water partition coefficient (Wildman–Crippen LogP) is 3.32. The van der Waals surface area contributed by atoms with Crippen LogP contribution in [0, 0.1) is 13.8 Å². The lowest BCUT2D eigenvalue weighted by molar-refractivity contribution is 0.620.